The highest BCUT2D eigenvalue weighted by Gasteiger charge is 2.18. The molecule has 1 atom stereocenters. The number of thiazole rings is 1. The van der Waals surface area contributed by atoms with Gasteiger partial charge in [-0.05, 0) is 18.8 Å². The molecule has 0 saturated carbocycles. The molecular formula is C16H29Cl2N5O2S. The highest BCUT2D eigenvalue weighted by atomic mass is 35.5. The molecule has 10 heteroatoms. The number of anilines is 1. The average Bonchev–Trinajstić information content (AvgIpc) is 3.22. The molecule has 2 rings (SSSR count). The summed E-state index contributed by atoms with van der Waals surface area (Å²) < 4.78 is 0. The van der Waals surface area contributed by atoms with Crippen molar-refractivity contribution < 1.29 is 9.59 Å². The second-order valence-electron chi connectivity index (χ2n) is 6.40. The largest absolute Gasteiger partial charge is 0.354 e. The topological polar surface area (TPSA) is 100 Å². The van der Waals surface area contributed by atoms with Gasteiger partial charge in [0.2, 0.25) is 11.8 Å². The Morgan fingerprint density at radius 2 is 1.92 bits per heavy atom. The van der Waals surface area contributed by atoms with Crippen LogP contribution < -0.4 is 21.3 Å². The van der Waals surface area contributed by atoms with Crippen molar-refractivity contribution in [2.45, 2.75) is 39.2 Å². The average molecular weight is 426 g/mol. The van der Waals surface area contributed by atoms with Crippen LogP contribution in [0.4, 0.5) is 5.13 Å². The minimum Gasteiger partial charge on any atom is -0.354 e. The molecule has 1 aromatic rings. The predicted octanol–water partition coefficient (Wildman–Crippen LogP) is 1.35. The lowest BCUT2D eigenvalue weighted by Crippen LogP contribution is -2.47. The lowest BCUT2D eigenvalue weighted by molar-refractivity contribution is -0.127. The Bertz CT molecular complexity index is 565. The van der Waals surface area contributed by atoms with Crippen molar-refractivity contribution in [3.63, 3.8) is 0 Å². The number of aromatic nitrogens is 1. The summed E-state index contributed by atoms with van der Waals surface area (Å²) in [5.74, 6) is -0.466. The summed E-state index contributed by atoms with van der Waals surface area (Å²) >= 11 is 1.66. The number of rotatable bonds is 8. The first-order valence-corrected chi connectivity index (χ1v) is 9.34. The summed E-state index contributed by atoms with van der Waals surface area (Å²) in [6.07, 6.45) is 3.16. The van der Waals surface area contributed by atoms with Gasteiger partial charge in [-0.3, -0.25) is 9.59 Å². The van der Waals surface area contributed by atoms with E-state index < -0.39 is 6.04 Å². The van der Waals surface area contributed by atoms with Crippen LogP contribution in [0.2, 0.25) is 0 Å². The fourth-order valence-electron chi connectivity index (χ4n) is 2.45. The fourth-order valence-corrected chi connectivity index (χ4v) is 3.36. The van der Waals surface area contributed by atoms with Gasteiger partial charge in [0.15, 0.2) is 5.13 Å². The number of nitrogens with two attached hydrogens (primary N) is 1. The second-order valence-corrected chi connectivity index (χ2v) is 7.24. The predicted molar refractivity (Wildman–Crippen MR) is 111 cm³/mol. The van der Waals surface area contributed by atoms with Crippen LogP contribution in [0.3, 0.4) is 0 Å². The number of hydrogen-bond donors (Lipinski definition) is 3. The smallest absolute Gasteiger partial charge is 0.239 e. The summed E-state index contributed by atoms with van der Waals surface area (Å²) in [5, 5.41) is 8.47. The molecule has 1 aromatic heterocycles. The maximum absolute atomic E-state index is 11.8. The molecule has 1 fully saturated rings. The highest BCUT2D eigenvalue weighted by molar-refractivity contribution is 7.13. The standard InChI is InChI=1S/C16H27N5O2S.2ClH/c1-11(2)14(17)15(23)19-9-13(22)18-6-5-12-10-24-16(20-12)21-7-3-4-8-21;;/h10-11,14H,3-9,17H2,1-2H3,(H,18,22)(H,19,23);2*1H/t14-;;/m0../s1. The van der Waals surface area contributed by atoms with Crippen LogP contribution >= 0.6 is 36.2 Å². The van der Waals surface area contributed by atoms with E-state index in [0.29, 0.717) is 13.0 Å². The number of amides is 2. The Morgan fingerprint density at radius 1 is 1.27 bits per heavy atom. The maximum atomic E-state index is 11.8. The summed E-state index contributed by atoms with van der Waals surface area (Å²) in [5.41, 5.74) is 6.72. The number of halogens is 2. The van der Waals surface area contributed by atoms with Crippen molar-refractivity contribution in [3.05, 3.63) is 11.1 Å². The minimum absolute atomic E-state index is 0. The molecule has 0 aromatic carbocycles. The lowest BCUT2D eigenvalue weighted by atomic mass is 10.1. The first-order chi connectivity index (χ1) is 11.5. The number of nitrogens with one attached hydrogen (secondary N) is 2. The molecule has 2 heterocycles. The molecule has 0 aliphatic carbocycles. The highest BCUT2D eigenvalue weighted by Crippen LogP contribution is 2.24. The monoisotopic (exact) mass is 425 g/mol. The van der Waals surface area contributed by atoms with Crippen LogP contribution in [-0.2, 0) is 16.0 Å². The van der Waals surface area contributed by atoms with E-state index in [1.54, 1.807) is 11.3 Å². The molecule has 2 amide bonds. The molecular weight excluding hydrogens is 397 g/mol. The minimum atomic E-state index is -0.586. The molecule has 7 nitrogen and oxygen atoms in total. The third-order valence-corrected chi connectivity index (χ3v) is 5.01. The van der Waals surface area contributed by atoms with Crippen molar-refractivity contribution in [2.24, 2.45) is 11.7 Å². The Hall–Kier alpha value is -1.09. The molecule has 26 heavy (non-hydrogen) atoms. The van der Waals surface area contributed by atoms with E-state index >= 15 is 0 Å². The molecule has 0 spiro atoms. The van der Waals surface area contributed by atoms with Gasteiger partial charge in [0.25, 0.3) is 0 Å². The summed E-state index contributed by atoms with van der Waals surface area (Å²) in [6, 6.07) is -0.586. The van der Waals surface area contributed by atoms with Gasteiger partial charge in [-0.25, -0.2) is 4.98 Å². The van der Waals surface area contributed by atoms with Crippen LogP contribution in [0, 0.1) is 5.92 Å². The fraction of sp³-hybridized carbons (Fsp3) is 0.688. The molecule has 0 unspecified atom stereocenters. The number of carbonyl (C=O) groups excluding carboxylic acids is 2. The van der Waals surface area contributed by atoms with Gasteiger partial charge < -0.3 is 21.3 Å². The Kier molecular flexibility index (Phi) is 11.8. The van der Waals surface area contributed by atoms with Gasteiger partial charge in [0.05, 0.1) is 18.3 Å². The summed E-state index contributed by atoms with van der Waals surface area (Å²) in [4.78, 5) is 30.4. The number of nitrogens with zero attached hydrogens (tertiary/aromatic N) is 2. The zero-order chi connectivity index (χ0) is 17.5. The van der Waals surface area contributed by atoms with E-state index in [9.17, 15) is 9.59 Å². The Morgan fingerprint density at radius 3 is 2.54 bits per heavy atom. The van der Waals surface area contributed by atoms with Crippen LogP contribution in [0.5, 0.6) is 0 Å². The van der Waals surface area contributed by atoms with Crippen molar-refractivity contribution in [2.75, 3.05) is 31.1 Å². The number of carbonyl (C=O) groups is 2. The lowest BCUT2D eigenvalue weighted by Gasteiger charge is -2.15. The Labute approximate surface area is 171 Å². The maximum Gasteiger partial charge on any atom is 0.239 e. The van der Waals surface area contributed by atoms with Crippen molar-refractivity contribution >= 4 is 53.1 Å². The van der Waals surface area contributed by atoms with Gasteiger partial charge in [-0.15, -0.1) is 36.2 Å². The molecule has 1 aliphatic rings. The molecule has 4 N–H and O–H groups in total. The summed E-state index contributed by atoms with van der Waals surface area (Å²) in [7, 11) is 0. The van der Waals surface area contributed by atoms with E-state index in [4.69, 9.17) is 5.73 Å². The molecule has 0 bridgehead atoms. The zero-order valence-corrected chi connectivity index (χ0v) is 17.6. The van der Waals surface area contributed by atoms with Crippen molar-refractivity contribution in [1.82, 2.24) is 15.6 Å². The van der Waals surface area contributed by atoms with Crippen LogP contribution in [0.1, 0.15) is 32.4 Å². The van der Waals surface area contributed by atoms with E-state index in [1.807, 2.05) is 19.2 Å². The van der Waals surface area contributed by atoms with E-state index in [2.05, 4.69) is 20.5 Å². The van der Waals surface area contributed by atoms with Gasteiger partial charge in [0.1, 0.15) is 0 Å². The van der Waals surface area contributed by atoms with Gasteiger partial charge in [-0.1, -0.05) is 13.8 Å². The van der Waals surface area contributed by atoms with Crippen molar-refractivity contribution in [1.29, 1.82) is 0 Å². The van der Waals surface area contributed by atoms with Crippen LogP contribution in [-0.4, -0.2) is 49.0 Å². The van der Waals surface area contributed by atoms with Crippen LogP contribution in [0.15, 0.2) is 5.38 Å². The molecule has 150 valence electrons. The van der Waals surface area contributed by atoms with Gasteiger partial charge in [0, 0.05) is 31.4 Å². The third kappa shape index (κ3) is 7.65. The first-order valence-electron chi connectivity index (χ1n) is 8.46. The second kappa shape index (κ2) is 12.3. The molecule has 1 saturated heterocycles. The van der Waals surface area contributed by atoms with Crippen molar-refractivity contribution in [3.8, 4) is 0 Å². The first kappa shape index (κ1) is 24.9. The molecule has 0 radical (unpaired) electrons. The summed E-state index contributed by atoms with van der Waals surface area (Å²) in [6.45, 7) is 6.37. The van der Waals surface area contributed by atoms with Gasteiger partial charge >= 0.3 is 0 Å². The van der Waals surface area contributed by atoms with E-state index in [1.165, 1.54) is 12.8 Å². The SMILES string of the molecule is CC(C)[C@H](N)C(=O)NCC(=O)NCCc1csc(N2CCCC2)n1.Cl.Cl. The van der Waals surface area contributed by atoms with E-state index in [-0.39, 0.29) is 49.1 Å². The zero-order valence-electron chi connectivity index (χ0n) is 15.2. The third-order valence-electron chi connectivity index (χ3n) is 4.06. The normalized spacial score (nSPS) is 14.4. The quantitative estimate of drug-likeness (QED) is 0.583. The van der Waals surface area contributed by atoms with Crippen LogP contribution in [0.25, 0.3) is 0 Å². The Balaban J connectivity index is 0.00000312. The number of hydrogen-bond acceptors (Lipinski definition) is 6. The van der Waals surface area contributed by atoms with E-state index in [0.717, 1.165) is 23.9 Å². The molecule has 1 aliphatic heterocycles. The van der Waals surface area contributed by atoms with Gasteiger partial charge in [-0.2, -0.15) is 0 Å².